The predicted molar refractivity (Wildman–Crippen MR) is 119 cm³/mol. The van der Waals surface area contributed by atoms with Gasteiger partial charge in [0.15, 0.2) is 11.5 Å². The van der Waals surface area contributed by atoms with Crippen LogP contribution in [0, 0.1) is 11.6 Å². The van der Waals surface area contributed by atoms with Crippen LogP contribution >= 0.6 is 0 Å². The summed E-state index contributed by atoms with van der Waals surface area (Å²) in [5, 5.41) is 9.74. The van der Waals surface area contributed by atoms with Gasteiger partial charge >= 0.3 is 0 Å². The number of amides is 1. The summed E-state index contributed by atoms with van der Waals surface area (Å²) in [6.45, 7) is -0.877. The first-order valence-electron chi connectivity index (χ1n) is 9.90. The lowest BCUT2D eigenvalue weighted by molar-refractivity contribution is 0.101. The van der Waals surface area contributed by atoms with Gasteiger partial charge in [0.1, 0.15) is 11.4 Å². The van der Waals surface area contributed by atoms with Crippen LogP contribution in [-0.2, 0) is 10.0 Å². The fourth-order valence-electron chi connectivity index (χ4n) is 3.17. The van der Waals surface area contributed by atoms with E-state index < -0.39 is 51.2 Å². The predicted octanol–water partition coefficient (Wildman–Crippen LogP) is 3.65. The summed E-state index contributed by atoms with van der Waals surface area (Å²) < 4.78 is 67.3. The zero-order valence-corrected chi connectivity index (χ0v) is 18.2. The summed E-state index contributed by atoms with van der Waals surface area (Å²) >= 11 is 0. The molecule has 0 fully saturated rings. The van der Waals surface area contributed by atoms with Crippen molar-refractivity contribution in [3.05, 3.63) is 66.0 Å². The summed E-state index contributed by atoms with van der Waals surface area (Å²) in [6, 6.07) is 8.35. The van der Waals surface area contributed by atoms with Gasteiger partial charge in [-0.2, -0.15) is 5.10 Å². The number of carbonyl (C=O) groups is 1. The van der Waals surface area contributed by atoms with E-state index in [0.29, 0.717) is 22.4 Å². The first kappa shape index (κ1) is 23.2. The molecule has 0 aliphatic rings. The van der Waals surface area contributed by atoms with E-state index in [9.17, 15) is 26.4 Å². The Labute approximate surface area is 191 Å². The molecule has 0 spiro atoms. The Bertz CT molecular complexity index is 1460. The van der Waals surface area contributed by atoms with Crippen LogP contribution in [-0.4, -0.2) is 46.9 Å². The number of H-pyrrole nitrogens is 1. The molecule has 176 valence electrons. The molecule has 0 saturated heterocycles. The lowest BCUT2D eigenvalue weighted by atomic mass is 10.1. The third kappa shape index (κ3) is 4.83. The summed E-state index contributed by atoms with van der Waals surface area (Å²) in [4.78, 5) is 21.0. The number of aromatic nitrogens is 4. The maximum atomic E-state index is 14.9. The Kier molecular flexibility index (Phi) is 6.45. The lowest BCUT2D eigenvalue weighted by Crippen LogP contribution is -2.21. The van der Waals surface area contributed by atoms with Gasteiger partial charge in [-0.05, 0) is 36.8 Å². The fraction of sp³-hybridized carbons (Fsp3) is 0.143. The molecule has 34 heavy (non-hydrogen) atoms. The van der Waals surface area contributed by atoms with Crippen molar-refractivity contribution in [3.8, 4) is 11.4 Å². The molecule has 4 aromatic rings. The van der Waals surface area contributed by atoms with Crippen molar-refractivity contribution < 1.29 is 26.4 Å². The second-order valence-corrected chi connectivity index (χ2v) is 8.95. The normalized spacial score (nSPS) is 11.5. The average molecular weight is 490 g/mol. The number of hydrogen-bond acceptors (Lipinski definition) is 6. The molecular weight excluding hydrogens is 473 g/mol. The van der Waals surface area contributed by atoms with Gasteiger partial charge in [-0.25, -0.2) is 22.2 Å². The van der Waals surface area contributed by atoms with Gasteiger partial charge < -0.3 is 5.32 Å². The number of alkyl halides is 1. The van der Waals surface area contributed by atoms with E-state index in [4.69, 9.17) is 0 Å². The van der Waals surface area contributed by atoms with Crippen LogP contribution in [0.15, 0.2) is 48.8 Å². The number of pyridine rings is 2. The molecule has 13 heteroatoms. The van der Waals surface area contributed by atoms with Crippen LogP contribution in [0.2, 0.25) is 0 Å². The maximum absolute atomic E-state index is 14.9. The van der Waals surface area contributed by atoms with E-state index in [-0.39, 0.29) is 12.1 Å². The van der Waals surface area contributed by atoms with Crippen molar-refractivity contribution >= 4 is 38.3 Å². The fourth-order valence-corrected chi connectivity index (χ4v) is 4.25. The van der Waals surface area contributed by atoms with Gasteiger partial charge in [0.25, 0.3) is 5.91 Å². The number of sulfonamides is 1. The molecule has 4 rings (SSSR count). The van der Waals surface area contributed by atoms with Gasteiger partial charge in [0, 0.05) is 6.20 Å². The maximum Gasteiger partial charge on any atom is 0.261 e. The molecule has 0 saturated carbocycles. The van der Waals surface area contributed by atoms with Crippen LogP contribution in [0.3, 0.4) is 0 Å². The van der Waals surface area contributed by atoms with Crippen LogP contribution in [0.25, 0.3) is 22.4 Å². The molecule has 1 amide bonds. The number of aromatic amines is 1. The number of anilines is 2. The molecule has 0 bridgehead atoms. The SMILES string of the molecule is O=C(Nc1cnc2n[nH]c(-c3ccccn3)c2c1)c1c(F)ccc(NS(=O)(=O)CCCF)c1F. The van der Waals surface area contributed by atoms with Crippen LogP contribution in [0.5, 0.6) is 0 Å². The number of benzene rings is 1. The third-order valence-electron chi connectivity index (χ3n) is 4.72. The van der Waals surface area contributed by atoms with E-state index in [0.717, 1.165) is 12.1 Å². The summed E-state index contributed by atoms with van der Waals surface area (Å²) in [7, 11) is -4.09. The van der Waals surface area contributed by atoms with Gasteiger partial charge in [-0.15, -0.1) is 0 Å². The molecule has 9 nitrogen and oxygen atoms in total. The Morgan fingerprint density at radius 3 is 2.68 bits per heavy atom. The summed E-state index contributed by atoms with van der Waals surface area (Å²) in [5.74, 6) is -4.37. The van der Waals surface area contributed by atoms with Crippen LogP contribution in [0.4, 0.5) is 24.5 Å². The highest BCUT2D eigenvalue weighted by Gasteiger charge is 2.23. The van der Waals surface area contributed by atoms with Crippen molar-refractivity contribution in [1.82, 2.24) is 20.2 Å². The van der Waals surface area contributed by atoms with Crippen molar-refractivity contribution in [1.29, 1.82) is 0 Å². The van der Waals surface area contributed by atoms with Crippen molar-refractivity contribution in [2.24, 2.45) is 0 Å². The molecular formula is C21H17F3N6O3S. The number of nitrogens with zero attached hydrogens (tertiary/aromatic N) is 3. The van der Waals surface area contributed by atoms with Gasteiger partial charge in [-0.3, -0.25) is 24.0 Å². The minimum absolute atomic E-state index is 0.115. The van der Waals surface area contributed by atoms with Crippen molar-refractivity contribution in [2.45, 2.75) is 6.42 Å². The lowest BCUT2D eigenvalue weighted by Gasteiger charge is -2.12. The minimum Gasteiger partial charge on any atom is -0.320 e. The number of rotatable bonds is 8. The second-order valence-electron chi connectivity index (χ2n) is 7.11. The largest absolute Gasteiger partial charge is 0.320 e. The van der Waals surface area contributed by atoms with Crippen LogP contribution < -0.4 is 10.0 Å². The molecule has 0 aliphatic carbocycles. The third-order valence-corrected chi connectivity index (χ3v) is 6.08. The molecule has 0 atom stereocenters. The monoisotopic (exact) mass is 490 g/mol. The van der Waals surface area contributed by atoms with E-state index in [1.165, 1.54) is 12.3 Å². The number of hydrogen-bond donors (Lipinski definition) is 3. The smallest absolute Gasteiger partial charge is 0.261 e. The molecule has 0 unspecified atom stereocenters. The van der Waals surface area contributed by atoms with Gasteiger partial charge in [0.05, 0.1) is 46.8 Å². The average Bonchev–Trinajstić information content (AvgIpc) is 3.23. The second kappa shape index (κ2) is 9.47. The first-order chi connectivity index (χ1) is 16.3. The number of halogens is 3. The minimum atomic E-state index is -4.09. The van der Waals surface area contributed by atoms with Crippen molar-refractivity contribution in [3.63, 3.8) is 0 Å². The molecule has 0 radical (unpaired) electrons. The molecule has 3 aromatic heterocycles. The number of nitrogens with one attached hydrogen (secondary N) is 3. The quantitative estimate of drug-likeness (QED) is 0.346. The van der Waals surface area contributed by atoms with Gasteiger partial charge in [-0.1, -0.05) is 6.07 Å². The molecule has 3 heterocycles. The Hall–Kier alpha value is -4.00. The highest BCUT2D eigenvalue weighted by atomic mass is 32.2. The van der Waals surface area contributed by atoms with E-state index in [1.54, 1.807) is 24.4 Å². The standard InChI is InChI=1S/C21H17F3N6O3S/c22-7-3-9-34(32,33)30-15-6-5-14(23)17(18(15)24)21(31)27-12-10-13-19(16-4-1-2-8-25-16)28-29-20(13)26-11-12/h1-2,4-6,8,10-11,30H,3,7,9H2,(H,27,31)(H,26,28,29). The van der Waals surface area contributed by atoms with Crippen molar-refractivity contribution in [2.75, 3.05) is 22.5 Å². The Morgan fingerprint density at radius 1 is 1.12 bits per heavy atom. The topological polar surface area (TPSA) is 130 Å². The summed E-state index contributed by atoms with van der Waals surface area (Å²) in [6.07, 6.45) is 2.55. The highest BCUT2D eigenvalue weighted by Crippen LogP contribution is 2.27. The zero-order valence-electron chi connectivity index (χ0n) is 17.3. The van der Waals surface area contributed by atoms with E-state index >= 15 is 0 Å². The molecule has 3 N–H and O–H groups in total. The van der Waals surface area contributed by atoms with Crippen LogP contribution in [0.1, 0.15) is 16.8 Å². The van der Waals surface area contributed by atoms with E-state index in [2.05, 4.69) is 25.5 Å². The molecule has 0 aliphatic heterocycles. The molecule has 1 aromatic carbocycles. The van der Waals surface area contributed by atoms with Gasteiger partial charge in [0.2, 0.25) is 10.0 Å². The zero-order chi connectivity index (χ0) is 24.3. The summed E-state index contributed by atoms with van der Waals surface area (Å²) in [5.41, 5.74) is -0.0833. The number of fused-ring (bicyclic) bond motifs is 1. The Morgan fingerprint density at radius 2 is 1.94 bits per heavy atom. The number of carbonyl (C=O) groups excluding carboxylic acids is 1. The Balaban J connectivity index is 1.63. The first-order valence-corrected chi connectivity index (χ1v) is 11.6. The highest BCUT2D eigenvalue weighted by molar-refractivity contribution is 7.92. The van der Waals surface area contributed by atoms with E-state index in [1.807, 2.05) is 4.72 Å².